The molecule has 0 bridgehead atoms. The molecular formula is C20H37IN6OS. The zero-order valence-corrected chi connectivity index (χ0v) is 20.8. The molecular weight excluding hydrogens is 499 g/mol. The Bertz CT molecular complexity index is 600. The summed E-state index contributed by atoms with van der Waals surface area (Å²) in [6.45, 7) is 12.1. The Morgan fingerprint density at radius 2 is 2.03 bits per heavy atom. The molecule has 0 aromatic carbocycles. The quantitative estimate of drug-likeness (QED) is 0.218. The Balaban J connectivity index is 0.00000300. The summed E-state index contributed by atoms with van der Waals surface area (Å²) in [7, 11) is 0. The maximum absolute atomic E-state index is 6.04. The number of thiazole rings is 1. The molecule has 3 heterocycles. The SMILES string of the molecule is CCc1nc(CN2CCC(CN=C(N)NCCCN3CCOCC3)CC2)cs1.I. The minimum absolute atomic E-state index is 0. The minimum atomic E-state index is 0. The van der Waals surface area contributed by atoms with E-state index in [1.54, 1.807) is 11.3 Å². The van der Waals surface area contributed by atoms with Crippen LogP contribution in [0.15, 0.2) is 10.4 Å². The average molecular weight is 537 g/mol. The van der Waals surface area contributed by atoms with Crippen molar-refractivity contribution in [3.8, 4) is 0 Å². The van der Waals surface area contributed by atoms with Crippen molar-refractivity contribution >= 4 is 41.3 Å². The second kappa shape index (κ2) is 13.7. The third-order valence-corrected chi connectivity index (χ3v) is 6.62. The van der Waals surface area contributed by atoms with Gasteiger partial charge in [0.25, 0.3) is 0 Å². The van der Waals surface area contributed by atoms with Crippen molar-refractivity contribution in [2.45, 2.75) is 39.2 Å². The first-order chi connectivity index (χ1) is 13.7. The van der Waals surface area contributed by atoms with Gasteiger partial charge in [0.2, 0.25) is 0 Å². The van der Waals surface area contributed by atoms with Gasteiger partial charge in [0.05, 0.1) is 23.9 Å². The fraction of sp³-hybridized carbons (Fsp3) is 0.800. The molecule has 2 aliphatic rings. The van der Waals surface area contributed by atoms with Gasteiger partial charge in [-0.3, -0.25) is 14.8 Å². The highest BCUT2D eigenvalue weighted by Crippen LogP contribution is 2.20. The number of nitrogens with one attached hydrogen (secondary N) is 1. The van der Waals surface area contributed by atoms with Crippen LogP contribution >= 0.6 is 35.3 Å². The number of likely N-dealkylation sites (tertiary alicyclic amines) is 1. The van der Waals surface area contributed by atoms with E-state index >= 15 is 0 Å². The Hall–Kier alpha value is -0.490. The zero-order chi connectivity index (χ0) is 19.6. The Morgan fingerprint density at radius 3 is 2.72 bits per heavy atom. The highest BCUT2D eigenvalue weighted by atomic mass is 127. The van der Waals surface area contributed by atoms with E-state index in [0.717, 1.165) is 78.4 Å². The molecule has 2 aliphatic heterocycles. The van der Waals surface area contributed by atoms with Crippen molar-refractivity contribution in [1.82, 2.24) is 20.1 Å². The number of guanidine groups is 1. The first-order valence-corrected chi connectivity index (χ1v) is 11.6. The highest BCUT2D eigenvalue weighted by molar-refractivity contribution is 14.0. The zero-order valence-electron chi connectivity index (χ0n) is 17.6. The number of halogens is 1. The molecule has 0 atom stereocenters. The molecule has 1 aromatic rings. The van der Waals surface area contributed by atoms with Gasteiger partial charge < -0.3 is 15.8 Å². The van der Waals surface area contributed by atoms with E-state index in [-0.39, 0.29) is 24.0 Å². The number of morpholine rings is 1. The molecule has 2 fully saturated rings. The molecule has 0 saturated carbocycles. The number of nitrogens with zero attached hydrogens (tertiary/aromatic N) is 4. The van der Waals surface area contributed by atoms with Crippen LogP contribution in [0.1, 0.15) is 36.9 Å². The predicted molar refractivity (Wildman–Crippen MR) is 131 cm³/mol. The van der Waals surface area contributed by atoms with Crippen LogP contribution in [0.2, 0.25) is 0 Å². The van der Waals surface area contributed by atoms with E-state index in [1.165, 1.54) is 23.5 Å². The van der Waals surface area contributed by atoms with Crippen molar-refractivity contribution in [3.05, 3.63) is 16.1 Å². The monoisotopic (exact) mass is 536 g/mol. The lowest BCUT2D eigenvalue weighted by Gasteiger charge is -2.30. The number of hydrogen-bond donors (Lipinski definition) is 2. The molecule has 3 rings (SSSR count). The van der Waals surface area contributed by atoms with Crippen molar-refractivity contribution in [2.24, 2.45) is 16.6 Å². The van der Waals surface area contributed by atoms with E-state index in [1.807, 2.05) is 0 Å². The number of rotatable bonds is 9. The molecule has 7 nitrogen and oxygen atoms in total. The number of aryl methyl sites for hydroxylation is 1. The van der Waals surface area contributed by atoms with E-state index in [4.69, 9.17) is 10.5 Å². The lowest BCUT2D eigenvalue weighted by atomic mass is 9.97. The highest BCUT2D eigenvalue weighted by Gasteiger charge is 2.19. The molecule has 3 N–H and O–H groups in total. The fourth-order valence-corrected chi connectivity index (χ4v) is 4.50. The van der Waals surface area contributed by atoms with E-state index < -0.39 is 0 Å². The molecule has 1 aromatic heterocycles. The van der Waals surface area contributed by atoms with Crippen molar-refractivity contribution < 1.29 is 4.74 Å². The largest absolute Gasteiger partial charge is 0.379 e. The second-order valence-corrected chi connectivity index (χ2v) is 8.71. The fourth-order valence-electron chi connectivity index (χ4n) is 3.77. The van der Waals surface area contributed by atoms with E-state index in [2.05, 4.69) is 37.4 Å². The van der Waals surface area contributed by atoms with E-state index in [0.29, 0.717) is 11.9 Å². The number of piperidine rings is 1. The standard InChI is InChI=1S/C20H36N6OS.HI/c1-2-19-24-18(16-28-19)15-26-8-4-17(5-9-26)14-23-20(21)22-6-3-7-25-10-12-27-13-11-25;/h16-17H,2-15H2,1H3,(H3,21,22,23);1H. The van der Waals surface area contributed by atoms with Crippen molar-refractivity contribution in [3.63, 3.8) is 0 Å². The summed E-state index contributed by atoms with van der Waals surface area (Å²) in [4.78, 5) is 14.2. The van der Waals surface area contributed by atoms with Gasteiger partial charge in [-0.15, -0.1) is 35.3 Å². The molecule has 0 amide bonds. The smallest absolute Gasteiger partial charge is 0.188 e. The van der Waals surface area contributed by atoms with Crippen molar-refractivity contribution in [2.75, 3.05) is 59.0 Å². The number of hydrogen-bond acceptors (Lipinski definition) is 6. The first kappa shape index (κ1) is 24.8. The summed E-state index contributed by atoms with van der Waals surface area (Å²) in [6.07, 6.45) is 4.51. The molecule has 0 spiro atoms. The first-order valence-electron chi connectivity index (χ1n) is 10.7. The van der Waals surface area contributed by atoms with Crippen LogP contribution in [0, 0.1) is 5.92 Å². The Labute approximate surface area is 196 Å². The third-order valence-electron chi connectivity index (χ3n) is 5.58. The number of aromatic nitrogens is 1. The summed E-state index contributed by atoms with van der Waals surface area (Å²) in [5, 5.41) is 6.72. The normalized spacial score (nSPS) is 19.8. The number of aliphatic imine (C=N–C) groups is 1. The molecule has 29 heavy (non-hydrogen) atoms. The van der Waals surface area contributed by atoms with Gasteiger partial charge >= 0.3 is 0 Å². The second-order valence-electron chi connectivity index (χ2n) is 7.77. The lowest BCUT2D eigenvalue weighted by Crippen LogP contribution is -2.39. The maximum Gasteiger partial charge on any atom is 0.188 e. The van der Waals surface area contributed by atoms with Gasteiger partial charge in [-0.2, -0.15) is 0 Å². The van der Waals surface area contributed by atoms with Crippen LogP contribution in [0.4, 0.5) is 0 Å². The van der Waals surface area contributed by atoms with Gasteiger partial charge in [-0.1, -0.05) is 6.92 Å². The van der Waals surface area contributed by atoms with Crippen LogP contribution in [0.25, 0.3) is 0 Å². The maximum atomic E-state index is 6.04. The molecule has 0 unspecified atom stereocenters. The topological polar surface area (TPSA) is 79.0 Å². The van der Waals surface area contributed by atoms with Crippen molar-refractivity contribution in [1.29, 1.82) is 0 Å². The summed E-state index contributed by atoms with van der Waals surface area (Å²) < 4.78 is 5.37. The third kappa shape index (κ3) is 9.04. The molecule has 0 radical (unpaired) electrons. The molecule has 9 heteroatoms. The van der Waals surface area contributed by atoms with Crippen LogP contribution in [0.3, 0.4) is 0 Å². The molecule has 166 valence electrons. The summed E-state index contributed by atoms with van der Waals surface area (Å²) in [6, 6.07) is 0. The van der Waals surface area contributed by atoms with Gasteiger partial charge in [0.15, 0.2) is 5.96 Å². The van der Waals surface area contributed by atoms with Crippen LogP contribution in [-0.2, 0) is 17.7 Å². The lowest BCUT2D eigenvalue weighted by molar-refractivity contribution is 0.0376. The van der Waals surface area contributed by atoms with Crippen LogP contribution in [0.5, 0.6) is 0 Å². The van der Waals surface area contributed by atoms with Crippen LogP contribution < -0.4 is 11.1 Å². The van der Waals surface area contributed by atoms with Crippen LogP contribution in [-0.4, -0.2) is 79.8 Å². The molecule has 2 saturated heterocycles. The van der Waals surface area contributed by atoms with E-state index in [9.17, 15) is 0 Å². The predicted octanol–water partition coefficient (Wildman–Crippen LogP) is 2.16. The number of ether oxygens (including phenoxy) is 1. The van der Waals surface area contributed by atoms with Gasteiger partial charge in [-0.25, -0.2) is 4.98 Å². The molecule has 0 aliphatic carbocycles. The Kier molecular flexibility index (Phi) is 11.7. The van der Waals surface area contributed by atoms with Gasteiger partial charge in [-0.05, 0) is 51.2 Å². The summed E-state index contributed by atoms with van der Waals surface area (Å²) in [5.74, 6) is 1.24. The van der Waals surface area contributed by atoms with Gasteiger partial charge in [0, 0.05) is 38.1 Å². The summed E-state index contributed by atoms with van der Waals surface area (Å²) >= 11 is 1.78. The average Bonchev–Trinajstić information content (AvgIpc) is 3.19. The minimum Gasteiger partial charge on any atom is -0.379 e. The number of nitrogens with two attached hydrogens (primary N) is 1. The van der Waals surface area contributed by atoms with Gasteiger partial charge in [0.1, 0.15) is 0 Å². The Morgan fingerprint density at radius 1 is 1.28 bits per heavy atom. The summed E-state index contributed by atoms with van der Waals surface area (Å²) in [5.41, 5.74) is 7.27.